The number of carbonyl (C=O) groups is 1. The highest BCUT2D eigenvalue weighted by atomic mass is 35.5. The van der Waals surface area contributed by atoms with Gasteiger partial charge in [-0.3, -0.25) is 9.69 Å². The van der Waals surface area contributed by atoms with Gasteiger partial charge in [-0.05, 0) is 50.9 Å². The average molecular weight is 432 g/mol. The molecule has 2 aromatic carbocycles. The molecule has 0 spiro atoms. The summed E-state index contributed by atoms with van der Waals surface area (Å²) in [6, 6.07) is 15.6. The van der Waals surface area contributed by atoms with E-state index in [0.717, 1.165) is 28.1 Å². The number of hydrogen-bond donors (Lipinski definition) is 0. The maximum Gasteiger partial charge on any atom is 0.252 e. The van der Waals surface area contributed by atoms with Crippen molar-refractivity contribution < 1.29 is 9.53 Å². The van der Waals surface area contributed by atoms with E-state index in [9.17, 15) is 4.79 Å². The molecule has 29 heavy (non-hydrogen) atoms. The first-order valence-electron chi connectivity index (χ1n) is 9.29. The zero-order chi connectivity index (χ0) is 19.9. The molecular formula is C22H26ClN3O2S. The molecule has 0 unspecified atom stereocenters. The third-order valence-corrected chi connectivity index (χ3v) is 5.19. The molecule has 1 aromatic heterocycles. The Balaban J connectivity index is 0.00000300. The Bertz CT molecular complexity index is 957. The van der Waals surface area contributed by atoms with E-state index in [1.54, 1.807) is 11.0 Å². The quantitative estimate of drug-likeness (QED) is 0.484. The summed E-state index contributed by atoms with van der Waals surface area (Å²) in [5.41, 5.74) is 1.87. The van der Waals surface area contributed by atoms with E-state index in [4.69, 9.17) is 4.74 Å². The molecule has 0 bridgehead atoms. The summed E-state index contributed by atoms with van der Waals surface area (Å²) in [6.07, 6.45) is 3.45. The number of benzene rings is 2. The fourth-order valence-corrected chi connectivity index (χ4v) is 3.71. The number of nitrogens with zero attached hydrogens (tertiary/aromatic N) is 3. The second-order valence-corrected chi connectivity index (χ2v) is 7.61. The summed E-state index contributed by atoms with van der Waals surface area (Å²) >= 11 is 1.51. The zero-order valence-corrected chi connectivity index (χ0v) is 18.5. The number of ether oxygens (including phenoxy) is 1. The van der Waals surface area contributed by atoms with Gasteiger partial charge in [-0.15, -0.1) is 12.4 Å². The van der Waals surface area contributed by atoms with E-state index in [1.807, 2.05) is 75.6 Å². The number of aromatic nitrogens is 1. The molecule has 0 aliphatic heterocycles. The van der Waals surface area contributed by atoms with E-state index in [-0.39, 0.29) is 18.3 Å². The maximum atomic E-state index is 12.9. The van der Waals surface area contributed by atoms with Crippen molar-refractivity contribution in [3.8, 4) is 5.75 Å². The third-order valence-electron chi connectivity index (χ3n) is 4.15. The molecule has 1 amide bonds. The first-order chi connectivity index (χ1) is 13.6. The predicted molar refractivity (Wildman–Crippen MR) is 124 cm³/mol. The number of thiazole rings is 1. The Morgan fingerprint density at radius 1 is 1.14 bits per heavy atom. The van der Waals surface area contributed by atoms with E-state index in [0.29, 0.717) is 18.3 Å². The molecule has 0 fully saturated rings. The fraction of sp³-hybridized carbons (Fsp3) is 0.273. The van der Waals surface area contributed by atoms with Crippen LogP contribution in [0.25, 0.3) is 16.3 Å². The van der Waals surface area contributed by atoms with E-state index < -0.39 is 0 Å². The van der Waals surface area contributed by atoms with Crippen molar-refractivity contribution in [3.63, 3.8) is 0 Å². The van der Waals surface area contributed by atoms with Crippen LogP contribution in [0, 0.1) is 0 Å². The van der Waals surface area contributed by atoms with Crippen LogP contribution in [0.15, 0.2) is 54.6 Å². The molecule has 0 atom stereocenters. The number of fused-ring (bicyclic) bond motifs is 1. The van der Waals surface area contributed by atoms with Crippen LogP contribution in [0.2, 0.25) is 0 Å². The van der Waals surface area contributed by atoms with Gasteiger partial charge in [0.25, 0.3) is 5.91 Å². The number of halogens is 1. The second kappa shape index (κ2) is 11.0. The highest BCUT2D eigenvalue weighted by molar-refractivity contribution is 7.22. The van der Waals surface area contributed by atoms with Crippen molar-refractivity contribution in [1.82, 2.24) is 9.88 Å². The molecule has 0 saturated heterocycles. The summed E-state index contributed by atoms with van der Waals surface area (Å²) in [5.74, 6) is 0.745. The van der Waals surface area contributed by atoms with Crippen LogP contribution >= 0.6 is 23.7 Å². The maximum absolute atomic E-state index is 12.9. The van der Waals surface area contributed by atoms with Gasteiger partial charge >= 0.3 is 0 Å². The Morgan fingerprint density at radius 2 is 1.90 bits per heavy atom. The number of rotatable bonds is 8. The largest absolute Gasteiger partial charge is 0.494 e. The van der Waals surface area contributed by atoms with E-state index >= 15 is 0 Å². The van der Waals surface area contributed by atoms with Crippen LogP contribution in [0.1, 0.15) is 12.5 Å². The van der Waals surface area contributed by atoms with Crippen LogP contribution in [0.3, 0.4) is 0 Å². The Kier molecular flexibility index (Phi) is 8.64. The van der Waals surface area contributed by atoms with Crippen LogP contribution in [-0.2, 0) is 4.79 Å². The van der Waals surface area contributed by atoms with Gasteiger partial charge in [0.1, 0.15) is 5.75 Å². The minimum Gasteiger partial charge on any atom is -0.494 e. The first kappa shape index (κ1) is 22.9. The molecule has 0 saturated carbocycles. The van der Waals surface area contributed by atoms with Crippen molar-refractivity contribution in [2.45, 2.75) is 6.92 Å². The molecule has 7 heteroatoms. The molecule has 0 N–H and O–H groups in total. The Labute approximate surface area is 182 Å². The highest BCUT2D eigenvalue weighted by Gasteiger charge is 2.18. The van der Waals surface area contributed by atoms with Gasteiger partial charge in [0.05, 0.1) is 16.8 Å². The number of likely N-dealkylation sites (N-methyl/N-ethyl adjacent to an activating group) is 1. The normalized spacial score (nSPS) is 11.0. The SMILES string of the molecule is CCOc1ccc2nc(N(CCN(C)C)C(=O)C=Cc3ccccc3)sc2c1.Cl. The van der Waals surface area contributed by atoms with Gasteiger partial charge < -0.3 is 9.64 Å². The lowest BCUT2D eigenvalue weighted by atomic mass is 10.2. The molecule has 1 heterocycles. The van der Waals surface area contributed by atoms with E-state index in [1.165, 1.54) is 11.3 Å². The second-order valence-electron chi connectivity index (χ2n) is 6.60. The standard InChI is InChI=1S/C22H25N3O2S.ClH/c1-4-27-18-11-12-19-20(16-18)28-22(23-19)25(15-14-24(2)3)21(26)13-10-17-8-6-5-7-9-17;/h5-13,16H,4,14-15H2,1-3H3;1H. The molecular weight excluding hydrogens is 406 g/mol. The van der Waals surface area contributed by atoms with Gasteiger partial charge in [0.2, 0.25) is 0 Å². The molecule has 5 nitrogen and oxygen atoms in total. The van der Waals surface area contributed by atoms with E-state index in [2.05, 4.69) is 9.88 Å². The Morgan fingerprint density at radius 3 is 2.59 bits per heavy atom. The molecule has 154 valence electrons. The molecule has 0 aliphatic rings. The van der Waals surface area contributed by atoms with Crippen molar-refractivity contribution in [3.05, 3.63) is 60.2 Å². The Hall–Kier alpha value is -2.41. The fourth-order valence-electron chi connectivity index (χ4n) is 2.69. The van der Waals surface area contributed by atoms with Crippen molar-refractivity contribution >= 4 is 51.1 Å². The van der Waals surface area contributed by atoms with Crippen molar-refractivity contribution in [2.75, 3.05) is 38.7 Å². The molecule has 0 aliphatic carbocycles. The third kappa shape index (κ3) is 6.29. The lowest BCUT2D eigenvalue weighted by Crippen LogP contribution is -2.35. The lowest BCUT2D eigenvalue weighted by molar-refractivity contribution is -0.114. The number of carbonyl (C=O) groups excluding carboxylic acids is 1. The summed E-state index contributed by atoms with van der Waals surface area (Å²) in [7, 11) is 3.99. The minimum atomic E-state index is -0.0743. The molecule has 3 aromatic rings. The van der Waals surface area contributed by atoms with Gasteiger partial charge in [-0.25, -0.2) is 4.98 Å². The van der Waals surface area contributed by atoms with Gasteiger partial charge in [0.15, 0.2) is 5.13 Å². The average Bonchev–Trinajstić information content (AvgIpc) is 3.10. The highest BCUT2D eigenvalue weighted by Crippen LogP contribution is 2.31. The monoisotopic (exact) mass is 431 g/mol. The topological polar surface area (TPSA) is 45.7 Å². The van der Waals surface area contributed by atoms with Crippen LogP contribution in [0.4, 0.5) is 5.13 Å². The number of hydrogen-bond acceptors (Lipinski definition) is 5. The zero-order valence-electron chi connectivity index (χ0n) is 16.9. The predicted octanol–water partition coefficient (Wildman–Crippen LogP) is 4.72. The van der Waals surface area contributed by atoms with Gasteiger partial charge in [-0.1, -0.05) is 41.7 Å². The first-order valence-corrected chi connectivity index (χ1v) is 10.1. The van der Waals surface area contributed by atoms with Crippen LogP contribution < -0.4 is 9.64 Å². The van der Waals surface area contributed by atoms with Crippen LogP contribution in [-0.4, -0.2) is 49.6 Å². The van der Waals surface area contributed by atoms with Gasteiger partial charge in [-0.2, -0.15) is 0 Å². The van der Waals surface area contributed by atoms with Crippen molar-refractivity contribution in [1.29, 1.82) is 0 Å². The van der Waals surface area contributed by atoms with Crippen molar-refractivity contribution in [2.24, 2.45) is 0 Å². The van der Waals surface area contributed by atoms with Gasteiger partial charge in [0, 0.05) is 19.2 Å². The summed E-state index contributed by atoms with van der Waals surface area (Å²) in [4.78, 5) is 21.4. The lowest BCUT2D eigenvalue weighted by Gasteiger charge is -2.20. The molecule has 0 radical (unpaired) electrons. The summed E-state index contributed by atoms with van der Waals surface area (Å²) in [5, 5.41) is 0.702. The molecule has 3 rings (SSSR count). The van der Waals surface area contributed by atoms with Crippen LogP contribution in [0.5, 0.6) is 5.75 Å². The smallest absolute Gasteiger partial charge is 0.252 e. The summed E-state index contributed by atoms with van der Waals surface area (Å²) in [6.45, 7) is 3.91. The number of amides is 1. The minimum absolute atomic E-state index is 0. The summed E-state index contributed by atoms with van der Waals surface area (Å²) < 4.78 is 6.59. The number of anilines is 1.